The summed E-state index contributed by atoms with van der Waals surface area (Å²) in [4.78, 5) is 1.39. The number of benzene rings is 1. The van der Waals surface area contributed by atoms with Crippen LogP contribution in [0.5, 0.6) is 0 Å². The van der Waals surface area contributed by atoms with Gasteiger partial charge in [-0.3, -0.25) is 0 Å². The number of fused-ring (bicyclic) bond motifs is 1. The summed E-state index contributed by atoms with van der Waals surface area (Å²) < 4.78 is 7.86. The Kier molecular flexibility index (Phi) is 7.51. The van der Waals surface area contributed by atoms with Gasteiger partial charge in [-0.05, 0) is 0 Å². The van der Waals surface area contributed by atoms with E-state index in [1.807, 2.05) is 14.6 Å². The second-order valence-corrected chi connectivity index (χ2v) is 40.4. The van der Waals surface area contributed by atoms with Gasteiger partial charge in [0.1, 0.15) is 0 Å². The summed E-state index contributed by atoms with van der Waals surface area (Å²) in [6.45, 7) is 14.3. The van der Waals surface area contributed by atoms with Crippen molar-refractivity contribution in [3.05, 3.63) is 72.4 Å². The van der Waals surface area contributed by atoms with Crippen molar-refractivity contribution in [1.82, 2.24) is 0 Å². The van der Waals surface area contributed by atoms with Crippen LogP contribution in [0.4, 0.5) is 0 Å². The topological polar surface area (TPSA) is 0 Å². The Morgan fingerprint density at radius 1 is 0.933 bits per heavy atom. The Morgan fingerprint density at radius 2 is 1.60 bits per heavy atom. The molecule has 1 aromatic carbocycles. The molecule has 162 valence electrons. The minimum absolute atomic E-state index is 0. The molecule has 2 unspecified atom stereocenters. The smallest absolute Gasteiger partial charge is 0.147 e. The Bertz CT molecular complexity index is 1150. The molecule has 2 aliphatic carbocycles. The number of hydrogen-bond acceptors (Lipinski definition) is 1. The van der Waals surface area contributed by atoms with Crippen LogP contribution in [0, 0.1) is 5.92 Å². The molecule has 0 saturated carbocycles. The van der Waals surface area contributed by atoms with Crippen molar-refractivity contribution in [2.24, 2.45) is 5.92 Å². The molecule has 0 aliphatic heterocycles. The fraction of sp³-hybridized carbons (Fsp3) is 0.360. The van der Waals surface area contributed by atoms with Crippen molar-refractivity contribution >= 4 is 49.1 Å². The van der Waals surface area contributed by atoms with Gasteiger partial charge in [0.25, 0.3) is 0 Å². The maximum atomic E-state index is 2.70. The first kappa shape index (κ1) is 26.1. The molecule has 0 bridgehead atoms. The van der Waals surface area contributed by atoms with E-state index in [4.69, 9.17) is 0 Å². The Morgan fingerprint density at radius 3 is 2.13 bits per heavy atom. The minimum atomic E-state index is -3.27. The average Bonchev–Trinajstić information content (AvgIpc) is 3.29. The van der Waals surface area contributed by atoms with E-state index in [1.165, 1.54) is 16.0 Å². The molecule has 2 aromatic rings. The summed E-state index contributed by atoms with van der Waals surface area (Å²) in [5.74, 6) is 0.607. The average molecular weight is 557 g/mol. The molecule has 0 saturated heterocycles. The van der Waals surface area contributed by atoms with Crippen LogP contribution in [-0.2, 0) is 17.4 Å². The number of thiophene rings is 1. The third-order valence-corrected chi connectivity index (χ3v) is 25.9. The van der Waals surface area contributed by atoms with Crippen LogP contribution < -0.4 is 0 Å². The first-order valence-corrected chi connectivity index (χ1v) is 24.7. The van der Waals surface area contributed by atoms with Gasteiger partial charge in [-0.15, -0.1) is 24.8 Å². The SMILES string of the molecule is CC1=Cc2c(-c3cccs3)cccc2[CH]1[Zr]([CH3])([CH3])(=[SiH2])[C]1=C(C)C(C)=C(C)C1C.Cl.Cl. The summed E-state index contributed by atoms with van der Waals surface area (Å²) in [7, 11) is 0. The molecule has 0 radical (unpaired) electrons. The zero-order valence-electron chi connectivity index (χ0n) is 19.1. The van der Waals surface area contributed by atoms with Crippen LogP contribution >= 0.6 is 36.2 Å². The van der Waals surface area contributed by atoms with Gasteiger partial charge in [-0.1, -0.05) is 0 Å². The van der Waals surface area contributed by atoms with E-state index < -0.39 is 17.4 Å². The summed E-state index contributed by atoms with van der Waals surface area (Å²) in [6.07, 6.45) is 2.51. The molecule has 0 N–H and O–H groups in total. The predicted molar refractivity (Wildman–Crippen MR) is 141 cm³/mol. The maximum absolute atomic E-state index is 3.27. The summed E-state index contributed by atoms with van der Waals surface area (Å²) in [6, 6.07) is 11.4. The van der Waals surface area contributed by atoms with Gasteiger partial charge in [-0.25, -0.2) is 0 Å². The van der Waals surface area contributed by atoms with Crippen LogP contribution in [0.15, 0.2) is 61.3 Å². The Labute approximate surface area is 201 Å². The molecule has 0 nitrogen and oxygen atoms in total. The quantitative estimate of drug-likeness (QED) is 0.334. The van der Waals surface area contributed by atoms with Crippen molar-refractivity contribution in [3.63, 3.8) is 0 Å². The molecule has 0 spiro atoms. The second kappa shape index (κ2) is 8.64. The largest absolute Gasteiger partial charge is 0.147 e. The van der Waals surface area contributed by atoms with Crippen LogP contribution in [0.3, 0.4) is 0 Å². The molecular weight excluding hydrogens is 523 g/mol. The van der Waals surface area contributed by atoms with Gasteiger partial charge in [0.05, 0.1) is 0 Å². The summed E-state index contributed by atoms with van der Waals surface area (Å²) in [5, 5.41) is 2.19. The molecular formula is C25H34Cl2SSiZr. The number of allylic oxidation sites excluding steroid dienone is 5. The van der Waals surface area contributed by atoms with Gasteiger partial charge in [-0.2, -0.15) is 0 Å². The van der Waals surface area contributed by atoms with Crippen molar-refractivity contribution in [3.8, 4) is 10.4 Å². The van der Waals surface area contributed by atoms with E-state index in [2.05, 4.69) is 92.5 Å². The van der Waals surface area contributed by atoms with Crippen molar-refractivity contribution in [2.45, 2.75) is 47.5 Å². The van der Waals surface area contributed by atoms with E-state index in [-0.39, 0.29) is 24.8 Å². The molecule has 2 aliphatic rings. The van der Waals surface area contributed by atoms with Crippen LogP contribution in [0.2, 0.25) is 9.26 Å². The third-order valence-electron chi connectivity index (χ3n) is 7.52. The van der Waals surface area contributed by atoms with Crippen molar-refractivity contribution < 1.29 is 17.4 Å². The van der Waals surface area contributed by atoms with Crippen LogP contribution in [0.25, 0.3) is 16.5 Å². The monoisotopic (exact) mass is 554 g/mol. The Balaban J connectivity index is 0.00000160. The van der Waals surface area contributed by atoms with Gasteiger partial charge >= 0.3 is 178 Å². The predicted octanol–water partition coefficient (Wildman–Crippen LogP) is 8.31. The fourth-order valence-corrected chi connectivity index (χ4v) is 28.8. The van der Waals surface area contributed by atoms with Gasteiger partial charge in [0.15, 0.2) is 0 Å². The van der Waals surface area contributed by atoms with Gasteiger partial charge in [0.2, 0.25) is 0 Å². The first-order valence-electron chi connectivity index (χ1n) is 10.3. The van der Waals surface area contributed by atoms with Crippen molar-refractivity contribution in [1.29, 1.82) is 0 Å². The summed E-state index contributed by atoms with van der Waals surface area (Å²) in [5.41, 5.74) is 10.8. The summed E-state index contributed by atoms with van der Waals surface area (Å²) >= 11 is -1.42. The maximum Gasteiger partial charge on any atom is -0.147 e. The molecule has 0 amide bonds. The molecule has 1 heterocycles. The molecule has 4 rings (SSSR count). The Hall–Kier alpha value is -0.180. The fourth-order valence-electron chi connectivity index (χ4n) is 6.27. The van der Waals surface area contributed by atoms with E-state index >= 15 is 0 Å². The first-order chi connectivity index (χ1) is 13.0. The van der Waals surface area contributed by atoms with E-state index in [0.29, 0.717) is 9.54 Å². The number of rotatable bonds is 3. The number of halogens is 2. The zero-order chi connectivity index (χ0) is 20.5. The van der Waals surface area contributed by atoms with Crippen molar-refractivity contribution in [2.75, 3.05) is 0 Å². The third kappa shape index (κ3) is 3.77. The molecule has 2 atom stereocenters. The molecule has 0 fully saturated rings. The standard InChI is InChI=1S/C14H11S.C9H13.2CH3.2ClH.H2Si.Zr/c1-10-8-11-4-2-5-12(13(11)9-10)14-6-3-7-15-14;1-6-5-7(2)9(4)8(6)3;;;;;;/h2-9H,1H3;6H,1-4H3;2*1H3;2*1H;1H2;. The zero-order valence-corrected chi connectivity index (χ0v) is 25.4. The van der Waals surface area contributed by atoms with Gasteiger partial charge < -0.3 is 0 Å². The van der Waals surface area contributed by atoms with Crippen LogP contribution in [-0.4, -0.2) is 6.88 Å². The van der Waals surface area contributed by atoms with E-state index in [1.54, 1.807) is 27.9 Å². The van der Waals surface area contributed by atoms with E-state index in [9.17, 15) is 0 Å². The van der Waals surface area contributed by atoms with E-state index in [0.717, 1.165) is 0 Å². The van der Waals surface area contributed by atoms with Crippen LogP contribution in [0.1, 0.15) is 49.4 Å². The number of hydrogen-bond donors (Lipinski definition) is 0. The normalized spacial score (nSPS) is 21.3. The minimum Gasteiger partial charge on any atom is -0.147 e. The molecule has 30 heavy (non-hydrogen) atoms. The molecule has 5 heteroatoms. The molecule has 1 aromatic heterocycles. The second-order valence-electron chi connectivity index (χ2n) is 9.99. The van der Waals surface area contributed by atoms with Gasteiger partial charge in [0, 0.05) is 0 Å².